The fourth-order valence-corrected chi connectivity index (χ4v) is 4.47. The van der Waals surface area contributed by atoms with Crippen molar-refractivity contribution in [2.75, 3.05) is 40.7 Å². The van der Waals surface area contributed by atoms with Crippen LogP contribution < -0.4 is 14.5 Å². The maximum absolute atomic E-state index is 12.9. The molecule has 4 rings (SSSR count). The summed E-state index contributed by atoms with van der Waals surface area (Å²) in [4.78, 5) is 12.2. The number of nitrogens with one attached hydrogen (secondary N) is 1. The molecule has 0 unspecified atom stereocenters. The third kappa shape index (κ3) is 4.93. The number of hydrogen-bond acceptors (Lipinski definition) is 6. The van der Waals surface area contributed by atoms with Gasteiger partial charge in [0.1, 0.15) is 0 Å². The van der Waals surface area contributed by atoms with Gasteiger partial charge in [-0.15, -0.1) is 0 Å². The molecule has 32 heavy (non-hydrogen) atoms. The Kier molecular flexibility index (Phi) is 5.92. The lowest BCUT2D eigenvalue weighted by Gasteiger charge is -2.36. The minimum absolute atomic E-state index is 0.0640. The third-order valence-electron chi connectivity index (χ3n) is 5.05. The van der Waals surface area contributed by atoms with Crippen LogP contribution in [0.1, 0.15) is 5.56 Å². The molecule has 7 nitrogen and oxygen atoms in total. The Morgan fingerprint density at radius 2 is 1.47 bits per heavy atom. The largest absolute Gasteiger partial charge is 0.416 e. The van der Waals surface area contributed by atoms with E-state index in [4.69, 9.17) is 0 Å². The Hall–Kier alpha value is -3.34. The van der Waals surface area contributed by atoms with E-state index in [1.165, 1.54) is 12.4 Å². The second kappa shape index (κ2) is 8.65. The molecule has 2 heterocycles. The average molecular weight is 463 g/mol. The summed E-state index contributed by atoms with van der Waals surface area (Å²) in [5.41, 5.74) is 0.170. The molecule has 0 saturated carbocycles. The Bertz CT molecular complexity index is 1160. The molecule has 1 fully saturated rings. The highest BCUT2D eigenvalue weighted by atomic mass is 32.2. The van der Waals surface area contributed by atoms with Crippen LogP contribution in [0.3, 0.4) is 0 Å². The minimum Gasteiger partial charge on any atom is -0.368 e. The van der Waals surface area contributed by atoms with Crippen LogP contribution in [0.25, 0.3) is 0 Å². The fraction of sp³-hybridized carbons (Fsp3) is 0.238. The Balaban J connectivity index is 1.41. The third-order valence-corrected chi connectivity index (χ3v) is 6.42. The summed E-state index contributed by atoms with van der Waals surface area (Å²) < 4.78 is 65.8. The molecule has 0 radical (unpaired) electrons. The van der Waals surface area contributed by atoms with Crippen molar-refractivity contribution in [3.05, 3.63) is 72.6 Å². The predicted octanol–water partition coefficient (Wildman–Crippen LogP) is 3.62. The zero-order valence-electron chi connectivity index (χ0n) is 16.8. The van der Waals surface area contributed by atoms with E-state index in [0.29, 0.717) is 25.1 Å². The Labute approximate surface area is 183 Å². The van der Waals surface area contributed by atoms with Gasteiger partial charge in [0.15, 0.2) is 0 Å². The lowest BCUT2D eigenvalue weighted by Crippen LogP contribution is -2.47. The van der Waals surface area contributed by atoms with Crippen LogP contribution in [-0.4, -0.2) is 44.6 Å². The SMILES string of the molecule is O=S(=O)(Nc1cnc(N2CCN(c3ccccc3)CC2)nc1)c1cccc(C(F)(F)F)c1. The summed E-state index contributed by atoms with van der Waals surface area (Å²) in [7, 11) is -4.22. The molecule has 1 N–H and O–H groups in total. The van der Waals surface area contributed by atoms with Gasteiger partial charge in [0.05, 0.1) is 28.5 Å². The van der Waals surface area contributed by atoms with Crippen molar-refractivity contribution in [3.63, 3.8) is 0 Å². The standard InChI is InChI=1S/C21H20F3N5O2S/c22-21(23,24)16-5-4-8-19(13-16)32(30,31)27-17-14-25-20(26-15-17)29-11-9-28(10-12-29)18-6-2-1-3-7-18/h1-8,13-15,27H,9-12H2. The number of benzene rings is 2. The quantitative estimate of drug-likeness (QED) is 0.623. The number of piperazine rings is 1. The number of alkyl halides is 3. The molecule has 0 atom stereocenters. The molecule has 168 valence electrons. The number of aromatic nitrogens is 2. The van der Waals surface area contributed by atoms with Crippen molar-refractivity contribution in [1.29, 1.82) is 0 Å². The van der Waals surface area contributed by atoms with E-state index in [1.807, 2.05) is 23.1 Å². The minimum atomic E-state index is -4.64. The van der Waals surface area contributed by atoms with Gasteiger partial charge in [0, 0.05) is 31.9 Å². The first-order chi connectivity index (χ1) is 15.2. The molecule has 2 aromatic carbocycles. The van der Waals surface area contributed by atoms with Crippen LogP contribution in [-0.2, 0) is 16.2 Å². The van der Waals surface area contributed by atoms with Crippen molar-refractivity contribution in [2.24, 2.45) is 0 Å². The van der Waals surface area contributed by atoms with Crippen LogP contribution in [0.15, 0.2) is 71.9 Å². The van der Waals surface area contributed by atoms with Crippen molar-refractivity contribution >= 4 is 27.3 Å². The average Bonchev–Trinajstić information content (AvgIpc) is 2.80. The number of hydrogen-bond donors (Lipinski definition) is 1. The van der Waals surface area contributed by atoms with Crippen LogP contribution in [0.4, 0.5) is 30.5 Å². The summed E-state index contributed by atoms with van der Waals surface area (Å²) in [6.07, 6.45) is -2.03. The first-order valence-corrected chi connectivity index (χ1v) is 11.3. The van der Waals surface area contributed by atoms with Gasteiger partial charge in [-0.2, -0.15) is 13.2 Å². The number of anilines is 3. The maximum atomic E-state index is 12.9. The Morgan fingerprint density at radius 1 is 0.844 bits per heavy atom. The van der Waals surface area contributed by atoms with Gasteiger partial charge in [-0.1, -0.05) is 24.3 Å². The normalized spacial score (nSPS) is 15.0. The van der Waals surface area contributed by atoms with Crippen molar-refractivity contribution in [3.8, 4) is 0 Å². The molecule has 0 bridgehead atoms. The molecule has 1 aliphatic heterocycles. The van der Waals surface area contributed by atoms with Crippen molar-refractivity contribution < 1.29 is 21.6 Å². The number of para-hydroxylation sites is 1. The fourth-order valence-electron chi connectivity index (χ4n) is 3.39. The molecule has 3 aromatic rings. The van der Waals surface area contributed by atoms with Crippen molar-refractivity contribution in [2.45, 2.75) is 11.1 Å². The highest BCUT2D eigenvalue weighted by Crippen LogP contribution is 2.31. The van der Waals surface area contributed by atoms with E-state index in [0.717, 1.165) is 37.0 Å². The summed E-state index contributed by atoms with van der Waals surface area (Å²) in [6.45, 7) is 2.98. The first kappa shape index (κ1) is 21.9. The van der Waals surface area contributed by atoms with E-state index in [-0.39, 0.29) is 5.69 Å². The Morgan fingerprint density at radius 3 is 2.09 bits per heavy atom. The maximum Gasteiger partial charge on any atom is 0.416 e. The zero-order chi connectivity index (χ0) is 22.8. The van der Waals surface area contributed by atoms with Gasteiger partial charge in [0.2, 0.25) is 5.95 Å². The summed E-state index contributed by atoms with van der Waals surface area (Å²) in [6, 6.07) is 13.6. The van der Waals surface area contributed by atoms with E-state index < -0.39 is 26.7 Å². The van der Waals surface area contributed by atoms with Gasteiger partial charge in [-0.25, -0.2) is 18.4 Å². The predicted molar refractivity (Wildman–Crippen MR) is 115 cm³/mol. The summed E-state index contributed by atoms with van der Waals surface area (Å²) in [5.74, 6) is 0.458. The van der Waals surface area contributed by atoms with Crippen molar-refractivity contribution in [1.82, 2.24) is 9.97 Å². The lowest BCUT2D eigenvalue weighted by molar-refractivity contribution is -0.137. The highest BCUT2D eigenvalue weighted by molar-refractivity contribution is 7.92. The van der Waals surface area contributed by atoms with Crippen LogP contribution in [0.5, 0.6) is 0 Å². The molecule has 11 heteroatoms. The molecule has 0 aliphatic carbocycles. The summed E-state index contributed by atoms with van der Waals surface area (Å²) in [5, 5.41) is 0. The number of halogens is 3. The second-order valence-corrected chi connectivity index (χ2v) is 8.89. The zero-order valence-corrected chi connectivity index (χ0v) is 17.6. The van der Waals surface area contributed by atoms with Crippen LogP contribution >= 0.6 is 0 Å². The van der Waals surface area contributed by atoms with E-state index in [1.54, 1.807) is 0 Å². The molecular weight excluding hydrogens is 443 g/mol. The highest BCUT2D eigenvalue weighted by Gasteiger charge is 2.31. The van der Waals surface area contributed by atoms with Gasteiger partial charge >= 0.3 is 6.18 Å². The van der Waals surface area contributed by atoms with Crippen LogP contribution in [0.2, 0.25) is 0 Å². The summed E-state index contributed by atoms with van der Waals surface area (Å²) >= 11 is 0. The smallest absolute Gasteiger partial charge is 0.368 e. The second-order valence-electron chi connectivity index (χ2n) is 7.21. The molecule has 1 aromatic heterocycles. The molecule has 0 amide bonds. The number of rotatable bonds is 5. The van der Waals surface area contributed by atoms with E-state index in [2.05, 4.69) is 31.7 Å². The number of nitrogens with zero attached hydrogens (tertiary/aromatic N) is 4. The molecular formula is C21H20F3N5O2S. The topological polar surface area (TPSA) is 78.4 Å². The number of sulfonamides is 1. The van der Waals surface area contributed by atoms with Gasteiger partial charge < -0.3 is 9.80 Å². The van der Waals surface area contributed by atoms with Crippen LogP contribution in [0, 0.1) is 0 Å². The molecule has 0 spiro atoms. The van der Waals surface area contributed by atoms with Gasteiger partial charge in [-0.05, 0) is 30.3 Å². The van der Waals surface area contributed by atoms with Gasteiger partial charge in [0.25, 0.3) is 10.0 Å². The van der Waals surface area contributed by atoms with Gasteiger partial charge in [-0.3, -0.25) is 4.72 Å². The first-order valence-electron chi connectivity index (χ1n) is 9.79. The monoisotopic (exact) mass is 463 g/mol. The molecule has 1 aliphatic rings. The van der Waals surface area contributed by atoms with E-state index in [9.17, 15) is 21.6 Å². The van der Waals surface area contributed by atoms with E-state index >= 15 is 0 Å². The molecule has 1 saturated heterocycles. The lowest BCUT2D eigenvalue weighted by atomic mass is 10.2.